The molecule has 0 aliphatic heterocycles. The van der Waals surface area contributed by atoms with Crippen molar-refractivity contribution >= 4 is 23.2 Å². The van der Waals surface area contributed by atoms with Crippen LogP contribution in [-0.2, 0) is 13.2 Å². The third-order valence-electron chi connectivity index (χ3n) is 5.02. The molecule has 0 saturated carbocycles. The van der Waals surface area contributed by atoms with E-state index in [2.05, 4.69) is 20.8 Å². The summed E-state index contributed by atoms with van der Waals surface area (Å²) in [7, 11) is 1.59. The van der Waals surface area contributed by atoms with Crippen LogP contribution in [0.4, 0.5) is 28.9 Å². The number of aryl methyl sites for hydroxylation is 2. The molecule has 4 aromatic rings. The summed E-state index contributed by atoms with van der Waals surface area (Å²) in [6, 6.07) is 10.4. The average molecular weight is 486 g/mol. The number of carbonyl (C=O) groups excluding carboxylic acids is 2. The summed E-state index contributed by atoms with van der Waals surface area (Å²) < 4.78 is 56.8. The summed E-state index contributed by atoms with van der Waals surface area (Å²) in [5.74, 6) is -1.75. The van der Waals surface area contributed by atoms with Gasteiger partial charge in [-0.15, -0.1) is 0 Å². The third-order valence-corrected chi connectivity index (χ3v) is 5.02. The van der Waals surface area contributed by atoms with Crippen LogP contribution in [0.3, 0.4) is 0 Å². The molecule has 8 nitrogen and oxygen atoms in total. The van der Waals surface area contributed by atoms with Gasteiger partial charge in [0.1, 0.15) is 5.82 Å². The van der Waals surface area contributed by atoms with Crippen molar-refractivity contribution in [3.8, 4) is 5.69 Å². The van der Waals surface area contributed by atoms with Crippen molar-refractivity contribution in [2.24, 2.45) is 7.05 Å². The van der Waals surface area contributed by atoms with Crippen molar-refractivity contribution in [2.45, 2.75) is 13.1 Å². The molecule has 0 fully saturated rings. The number of rotatable bonds is 5. The van der Waals surface area contributed by atoms with Crippen molar-refractivity contribution in [1.29, 1.82) is 0 Å². The minimum absolute atomic E-state index is 0.0511. The number of halogens is 4. The van der Waals surface area contributed by atoms with Gasteiger partial charge in [0.25, 0.3) is 11.8 Å². The van der Waals surface area contributed by atoms with E-state index in [0.717, 1.165) is 18.3 Å². The normalized spacial score (nSPS) is 11.4. The van der Waals surface area contributed by atoms with Crippen molar-refractivity contribution in [1.82, 2.24) is 19.6 Å². The topological polar surface area (TPSA) is 93.8 Å². The molecule has 180 valence electrons. The molecule has 0 radical (unpaired) electrons. The maximum absolute atomic E-state index is 13.9. The highest BCUT2D eigenvalue weighted by Gasteiger charge is 2.39. The fraction of sp³-hybridized carbons (Fsp3) is 0.130. The van der Waals surface area contributed by atoms with Crippen LogP contribution in [0.5, 0.6) is 0 Å². The first-order chi connectivity index (χ1) is 16.5. The molecule has 4 rings (SSSR count). The second-order valence-corrected chi connectivity index (χ2v) is 7.58. The monoisotopic (exact) mass is 486 g/mol. The minimum Gasteiger partial charge on any atom is -0.322 e. The van der Waals surface area contributed by atoms with Crippen LogP contribution in [-0.4, -0.2) is 31.4 Å². The SMILES string of the molecule is Cc1nn(C)cc1C(=O)Nc1cnn(-c2ccc(NC(=O)c3ccc(F)cc3)cc2)c1C(F)(F)F. The van der Waals surface area contributed by atoms with Gasteiger partial charge in [0.2, 0.25) is 0 Å². The molecule has 2 amide bonds. The molecular weight excluding hydrogens is 468 g/mol. The molecule has 0 spiro atoms. The lowest BCUT2D eigenvalue weighted by atomic mass is 10.2. The fourth-order valence-electron chi connectivity index (χ4n) is 3.41. The van der Waals surface area contributed by atoms with Gasteiger partial charge in [0.05, 0.1) is 28.8 Å². The van der Waals surface area contributed by atoms with Crippen LogP contribution in [0.1, 0.15) is 32.1 Å². The number of nitrogens with one attached hydrogen (secondary N) is 2. The van der Waals surface area contributed by atoms with E-state index in [0.29, 0.717) is 16.1 Å². The van der Waals surface area contributed by atoms with E-state index >= 15 is 0 Å². The standard InChI is InChI=1S/C23H18F4N6O2/c1-13-18(12-32(2)31-13)22(35)30-19-11-28-33(20(19)23(25,26)27)17-9-7-16(8-10-17)29-21(34)14-3-5-15(24)6-4-14/h3-12H,1-2H3,(H,29,34)(H,30,35). The number of benzene rings is 2. The molecule has 2 aromatic heterocycles. The van der Waals surface area contributed by atoms with Crippen LogP contribution in [0.15, 0.2) is 60.9 Å². The molecule has 2 N–H and O–H groups in total. The lowest BCUT2D eigenvalue weighted by Gasteiger charge is -2.14. The Labute approximate surface area is 196 Å². The van der Waals surface area contributed by atoms with Crippen molar-refractivity contribution in [2.75, 3.05) is 10.6 Å². The molecule has 0 aliphatic carbocycles. The summed E-state index contributed by atoms with van der Waals surface area (Å²) >= 11 is 0. The molecule has 0 unspecified atom stereocenters. The predicted octanol–water partition coefficient (Wildman–Crippen LogP) is 4.58. The highest BCUT2D eigenvalue weighted by molar-refractivity contribution is 6.05. The molecule has 12 heteroatoms. The van der Waals surface area contributed by atoms with Crippen molar-refractivity contribution in [3.63, 3.8) is 0 Å². The smallest absolute Gasteiger partial charge is 0.322 e. The first-order valence-electron chi connectivity index (χ1n) is 10.2. The Bertz CT molecular complexity index is 1390. The second kappa shape index (κ2) is 9.05. The number of hydrogen-bond acceptors (Lipinski definition) is 4. The molecule has 35 heavy (non-hydrogen) atoms. The maximum atomic E-state index is 13.9. The number of anilines is 2. The van der Waals surface area contributed by atoms with Gasteiger partial charge in [0, 0.05) is 24.5 Å². The van der Waals surface area contributed by atoms with Gasteiger partial charge in [-0.1, -0.05) is 0 Å². The van der Waals surface area contributed by atoms with Crippen molar-refractivity contribution < 1.29 is 27.2 Å². The van der Waals surface area contributed by atoms with Crippen LogP contribution in [0.2, 0.25) is 0 Å². The Hall–Kier alpha value is -4.48. The van der Waals surface area contributed by atoms with Crippen LogP contribution in [0.25, 0.3) is 5.69 Å². The number of aromatic nitrogens is 4. The van der Waals surface area contributed by atoms with E-state index in [9.17, 15) is 27.2 Å². The van der Waals surface area contributed by atoms with Gasteiger partial charge >= 0.3 is 6.18 Å². The highest BCUT2D eigenvalue weighted by Crippen LogP contribution is 2.36. The zero-order chi connectivity index (χ0) is 25.3. The largest absolute Gasteiger partial charge is 0.435 e. The van der Waals surface area contributed by atoms with E-state index in [4.69, 9.17) is 0 Å². The molecule has 0 aliphatic rings. The Balaban J connectivity index is 1.58. The quantitative estimate of drug-likeness (QED) is 0.404. The summed E-state index contributed by atoms with van der Waals surface area (Å²) in [6.07, 6.45) is -2.52. The number of amides is 2. The maximum Gasteiger partial charge on any atom is 0.435 e. The lowest BCUT2D eigenvalue weighted by molar-refractivity contribution is -0.142. The zero-order valence-corrected chi connectivity index (χ0v) is 18.4. The fourth-order valence-corrected chi connectivity index (χ4v) is 3.41. The van der Waals surface area contributed by atoms with Gasteiger partial charge in [0.15, 0.2) is 5.69 Å². The highest BCUT2D eigenvalue weighted by atomic mass is 19.4. The number of hydrogen-bond donors (Lipinski definition) is 2. The van der Waals surface area contributed by atoms with E-state index in [-0.39, 0.29) is 16.8 Å². The number of nitrogens with zero attached hydrogens (tertiary/aromatic N) is 4. The van der Waals surface area contributed by atoms with Gasteiger partial charge in [-0.05, 0) is 55.5 Å². The molecular formula is C23H18F4N6O2. The summed E-state index contributed by atoms with van der Waals surface area (Å²) in [4.78, 5) is 24.8. The lowest BCUT2D eigenvalue weighted by Crippen LogP contribution is -2.19. The zero-order valence-electron chi connectivity index (χ0n) is 18.4. The van der Waals surface area contributed by atoms with Gasteiger partial charge < -0.3 is 10.6 Å². The molecule has 0 atom stereocenters. The van der Waals surface area contributed by atoms with E-state index in [1.54, 1.807) is 14.0 Å². The molecule has 0 bridgehead atoms. The molecule has 2 heterocycles. The van der Waals surface area contributed by atoms with Crippen LogP contribution < -0.4 is 10.6 Å². The number of alkyl halides is 3. The Morgan fingerprint density at radius 1 is 0.943 bits per heavy atom. The third kappa shape index (κ3) is 5.05. The van der Waals surface area contributed by atoms with E-state index in [1.165, 1.54) is 47.3 Å². The van der Waals surface area contributed by atoms with Crippen molar-refractivity contribution in [3.05, 3.63) is 89.3 Å². The van der Waals surface area contributed by atoms with Gasteiger partial charge in [-0.2, -0.15) is 23.4 Å². The second-order valence-electron chi connectivity index (χ2n) is 7.58. The summed E-state index contributed by atoms with van der Waals surface area (Å²) in [5, 5.41) is 12.7. The first kappa shape index (κ1) is 23.7. The molecule has 2 aromatic carbocycles. The van der Waals surface area contributed by atoms with Crippen LogP contribution >= 0.6 is 0 Å². The summed E-state index contributed by atoms with van der Waals surface area (Å²) in [5.41, 5.74) is -0.612. The van der Waals surface area contributed by atoms with Gasteiger partial charge in [-0.25, -0.2) is 9.07 Å². The average Bonchev–Trinajstić information content (AvgIpc) is 3.37. The van der Waals surface area contributed by atoms with E-state index in [1.807, 2.05) is 0 Å². The predicted molar refractivity (Wildman–Crippen MR) is 119 cm³/mol. The Kier molecular flexibility index (Phi) is 6.12. The molecule has 0 saturated heterocycles. The minimum atomic E-state index is -4.83. The summed E-state index contributed by atoms with van der Waals surface area (Å²) in [6.45, 7) is 1.57. The van der Waals surface area contributed by atoms with Gasteiger partial charge in [-0.3, -0.25) is 14.3 Å². The Morgan fingerprint density at radius 3 is 2.17 bits per heavy atom. The van der Waals surface area contributed by atoms with E-state index < -0.39 is 35.2 Å². The van der Waals surface area contributed by atoms with Crippen LogP contribution in [0, 0.1) is 12.7 Å². The Morgan fingerprint density at radius 2 is 1.60 bits per heavy atom. The number of carbonyl (C=O) groups is 2. The first-order valence-corrected chi connectivity index (χ1v) is 10.2.